The molecule has 2 aromatic carbocycles. The summed E-state index contributed by atoms with van der Waals surface area (Å²) in [5.41, 5.74) is 1.52. The van der Waals surface area contributed by atoms with Crippen molar-refractivity contribution < 1.29 is 19.1 Å². The zero-order valence-corrected chi connectivity index (χ0v) is 14.1. The number of rotatable bonds is 5. The molecule has 0 heterocycles. The number of urea groups is 1. The van der Waals surface area contributed by atoms with Crippen LogP contribution in [0.5, 0.6) is 0 Å². The van der Waals surface area contributed by atoms with Gasteiger partial charge in [0.05, 0.1) is 0 Å². The highest BCUT2D eigenvalue weighted by Gasteiger charge is 2.28. The van der Waals surface area contributed by atoms with Crippen molar-refractivity contribution in [2.24, 2.45) is 0 Å². The average molecular weight is 340 g/mol. The molecule has 0 saturated carbocycles. The van der Waals surface area contributed by atoms with Crippen LogP contribution in [0.25, 0.3) is 0 Å². The molecule has 6 nitrogen and oxygen atoms in total. The third-order valence-electron chi connectivity index (χ3n) is 3.63. The van der Waals surface area contributed by atoms with E-state index in [2.05, 4.69) is 10.6 Å². The zero-order chi connectivity index (χ0) is 18.2. The monoisotopic (exact) mass is 340 g/mol. The lowest BCUT2D eigenvalue weighted by Crippen LogP contribution is -2.43. The molecule has 25 heavy (non-hydrogen) atoms. The Morgan fingerprint density at radius 1 is 0.880 bits per heavy atom. The van der Waals surface area contributed by atoms with E-state index < -0.39 is 29.9 Å². The number of imide groups is 1. The van der Waals surface area contributed by atoms with Crippen LogP contribution in [0.4, 0.5) is 4.79 Å². The minimum Gasteiger partial charge on any atom is -0.452 e. The molecule has 0 radical (unpaired) electrons. The number of benzene rings is 2. The van der Waals surface area contributed by atoms with E-state index in [1.54, 1.807) is 0 Å². The molecule has 0 bridgehead atoms. The minimum atomic E-state index is -1.10. The first-order chi connectivity index (χ1) is 12.0. The maximum absolute atomic E-state index is 12.7. The van der Waals surface area contributed by atoms with Gasteiger partial charge in [-0.1, -0.05) is 60.7 Å². The molecule has 2 N–H and O–H groups in total. The van der Waals surface area contributed by atoms with Crippen LogP contribution < -0.4 is 10.6 Å². The third kappa shape index (κ3) is 4.91. The van der Waals surface area contributed by atoms with Crippen molar-refractivity contribution in [3.05, 3.63) is 71.8 Å². The minimum absolute atomic E-state index is 0.558. The molecule has 0 aromatic heterocycles. The quantitative estimate of drug-likeness (QED) is 0.817. The SMILES string of the molecule is CNC(=O)NC(=O)[C@H](C)OC(=O)C(c1ccccc1)c1ccccc1. The number of carbonyl (C=O) groups excluding carboxylic acids is 3. The fraction of sp³-hybridized carbons (Fsp3) is 0.211. The fourth-order valence-corrected chi connectivity index (χ4v) is 2.33. The lowest BCUT2D eigenvalue weighted by atomic mass is 9.91. The molecule has 6 heteroatoms. The van der Waals surface area contributed by atoms with E-state index in [1.807, 2.05) is 60.7 Å². The molecule has 130 valence electrons. The summed E-state index contributed by atoms with van der Waals surface area (Å²) >= 11 is 0. The van der Waals surface area contributed by atoms with Gasteiger partial charge in [0.2, 0.25) is 0 Å². The molecule has 1 atom stereocenters. The van der Waals surface area contributed by atoms with Crippen molar-refractivity contribution in [2.45, 2.75) is 18.9 Å². The number of nitrogens with one attached hydrogen (secondary N) is 2. The Labute approximate surface area is 146 Å². The average Bonchev–Trinajstić information content (AvgIpc) is 2.63. The normalized spacial score (nSPS) is 11.5. The van der Waals surface area contributed by atoms with Gasteiger partial charge < -0.3 is 10.1 Å². The van der Waals surface area contributed by atoms with Gasteiger partial charge in [-0.3, -0.25) is 14.9 Å². The van der Waals surface area contributed by atoms with Gasteiger partial charge >= 0.3 is 12.0 Å². The maximum Gasteiger partial charge on any atom is 0.321 e. The molecule has 0 unspecified atom stereocenters. The Bertz CT molecular complexity index is 692. The molecule has 0 fully saturated rings. The molecule has 3 amide bonds. The van der Waals surface area contributed by atoms with Crippen LogP contribution >= 0.6 is 0 Å². The number of carbonyl (C=O) groups is 3. The first-order valence-electron chi connectivity index (χ1n) is 7.86. The van der Waals surface area contributed by atoms with Crippen LogP contribution in [0.3, 0.4) is 0 Å². The van der Waals surface area contributed by atoms with Gasteiger partial charge in [0.15, 0.2) is 6.10 Å². The fourth-order valence-electron chi connectivity index (χ4n) is 2.33. The van der Waals surface area contributed by atoms with Crippen LogP contribution in [0, 0.1) is 0 Å². The van der Waals surface area contributed by atoms with Crippen molar-refractivity contribution in [3.63, 3.8) is 0 Å². The van der Waals surface area contributed by atoms with Crippen LogP contribution in [-0.2, 0) is 14.3 Å². The van der Waals surface area contributed by atoms with E-state index in [1.165, 1.54) is 14.0 Å². The van der Waals surface area contributed by atoms with E-state index in [-0.39, 0.29) is 0 Å². The van der Waals surface area contributed by atoms with Crippen LogP contribution in [0.1, 0.15) is 24.0 Å². The number of hydrogen-bond donors (Lipinski definition) is 2. The number of hydrogen-bond acceptors (Lipinski definition) is 4. The summed E-state index contributed by atoms with van der Waals surface area (Å²) in [4.78, 5) is 35.8. The summed E-state index contributed by atoms with van der Waals surface area (Å²) in [5, 5.41) is 4.35. The Balaban J connectivity index is 2.19. The van der Waals surface area contributed by atoms with Gasteiger partial charge in [0, 0.05) is 7.05 Å². The van der Waals surface area contributed by atoms with Gasteiger partial charge in [-0.05, 0) is 18.1 Å². The van der Waals surface area contributed by atoms with Gasteiger partial charge in [-0.2, -0.15) is 0 Å². The smallest absolute Gasteiger partial charge is 0.321 e. The molecule has 0 aliphatic carbocycles. The van der Waals surface area contributed by atoms with Crippen molar-refractivity contribution in [3.8, 4) is 0 Å². The maximum atomic E-state index is 12.7. The predicted molar refractivity (Wildman–Crippen MR) is 92.9 cm³/mol. The van der Waals surface area contributed by atoms with E-state index in [0.717, 1.165) is 11.1 Å². The molecule has 2 aromatic rings. The molecule has 0 saturated heterocycles. The van der Waals surface area contributed by atoms with Gasteiger partial charge in [0.25, 0.3) is 5.91 Å². The Kier molecular flexibility index (Phi) is 6.28. The Morgan fingerprint density at radius 3 is 1.80 bits per heavy atom. The number of esters is 1. The molecule has 2 rings (SSSR count). The highest BCUT2D eigenvalue weighted by molar-refractivity contribution is 5.97. The van der Waals surface area contributed by atoms with Crippen LogP contribution in [0.15, 0.2) is 60.7 Å². The van der Waals surface area contributed by atoms with Crippen LogP contribution in [-0.4, -0.2) is 31.1 Å². The third-order valence-corrected chi connectivity index (χ3v) is 3.63. The Hall–Kier alpha value is -3.15. The van der Waals surface area contributed by atoms with Crippen LogP contribution in [0.2, 0.25) is 0 Å². The molecular weight excluding hydrogens is 320 g/mol. The lowest BCUT2D eigenvalue weighted by molar-refractivity contribution is -0.155. The van der Waals surface area contributed by atoms with E-state index in [4.69, 9.17) is 4.74 Å². The van der Waals surface area contributed by atoms with E-state index in [0.29, 0.717) is 0 Å². The largest absolute Gasteiger partial charge is 0.452 e. The first kappa shape index (κ1) is 18.2. The predicted octanol–water partition coefficient (Wildman–Crippen LogP) is 2.21. The Morgan fingerprint density at radius 2 is 1.36 bits per heavy atom. The van der Waals surface area contributed by atoms with Crippen molar-refractivity contribution in [1.29, 1.82) is 0 Å². The summed E-state index contributed by atoms with van der Waals surface area (Å²) in [6.45, 7) is 1.42. The summed E-state index contributed by atoms with van der Waals surface area (Å²) < 4.78 is 5.30. The molecule has 0 aliphatic rings. The standard InChI is InChI=1S/C19H20N2O4/c1-13(17(22)21-19(24)20-2)25-18(23)16(14-9-5-3-6-10-14)15-11-7-4-8-12-15/h3-13,16H,1-2H3,(H2,20,21,22,24)/t13-/m0/s1. The zero-order valence-electron chi connectivity index (χ0n) is 14.1. The summed E-state index contributed by atoms with van der Waals surface area (Å²) in [7, 11) is 1.39. The summed E-state index contributed by atoms with van der Waals surface area (Å²) in [6, 6.07) is 17.7. The van der Waals surface area contributed by atoms with Gasteiger partial charge in [-0.15, -0.1) is 0 Å². The summed E-state index contributed by atoms with van der Waals surface area (Å²) in [5.74, 6) is -1.90. The second-order valence-electron chi connectivity index (χ2n) is 5.40. The highest BCUT2D eigenvalue weighted by Crippen LogP contribution is 2.26. The summed E-state index contributed by atoms with van der Waals surface area (Å²) in [6.07, 6.45) is -1.10. The first-order valence-corrected chi connectivity index (χ1v) is 7.86. The lowest BCUT2D eigenvalue weighted by Gasteiger charge is -2.20. The second-order valence-corrected chi connectivity index (χ2v) is 5.40. The topological polar surface area (TPSA) is 84.5 Å². The second kappa shape index (κ2) is 8.63. The van der Waals surface area contributed by atoms with Crippen molar-refractivity contribution in [2.75, 3.05) is 7.05 Å². The van der Waals surface area contributed by atoms with Crippen molar-refractivity contribution in [1.82, 2.24) is 10.6 Å². The molecule has 0 aliphatic heterocycles. The molecule has 0 spiro atoms. The molecular formula is C19H20N2O4. The van der Waals surface area contributed by atoms with E-state index >= 15 is 0 Å². The van der Waals surface area contributed by atoms with E-state index in [9.17, 15) is 14.4 Å². The van der Waals surface area contributed by atoms with Gasteiger partial charge in [-0.25, -0.2) is 4.79 Å². The van der Waals surface area contributed by atoms with Gasteiger partial charge in [0.1, 0.15) is 5.92 Å². The number of ether oxygens (including phenoxy) is 1. The number of amides is 3. The van der Waals surface area contributed by atoms with Crippen molar-refractivity contribution >= 4 is 17.9 Å². The highest BCUT2D eigenvalue weighted by atomic mass is 16.5.